The molecule has 0 saturated carbocycles. The molecule has 1 atom stereocenters. The first kappa shape index (κ1) is 24.7. The summed E-state index contributed by atoms with van der Waals surface area (Å²) < 4.78 is 91.6. The van der Waals surface area contributed by atoms with E-state index in [2.05, 4.69) is 15.0 Å². The van der Waals surface area contributed by atoms with E-state index in [1.165, 1.54) is 7.05 Å². The molecule has 2 aromatic heterocycles. The molecule has 9 nitrogen and oxygen atoms in total. The van der Waals surface area contributed by atoms with Crippen molar-refractivity contribution >= 4 is 21.6 Å². The van der Waals surface area contributed by atoms with E-state index in [0.29, 0.717) is 11.9 Å². The Kier molecular flexibility index (Phi) is 6.13. The third kappa shape index (κ3) is 4.50. The quantitative estimate of drug-likeness (QED) is 0.509. The molecule has 0 aliphatic carbocycles. The molecule has 0 bridgehead atoms. The van der Waals surface area contributed by atoms with Gasteiger partial charge in [-0.2, -0.15) is 0 Å². The number of aromatic nitrogens is 3. The van der Waals surface area contributed by atoms with Crippen molar-refractivity contribution in [2.75, 3.05) is 11.9 Å². The van der Waals surface area contributed by atoms with Gasteiger partial charge in [-0.3, -0.25) is 4.79 Å². The number of benzene rings is 1. The van der Waals surface area contributed by atoms with Gasteiger partial charge in [-0.05, 0) is 19.1 Å². The number of carbonyl (C=O) groups excluding carboxylic acids is 1. The average Bonchev–Trinajstić information content (AvgIpc) is 3.28. The highest BCUT2D eigenvalue weighted by atomic mass is 32.2. The molecule has 188 valence electrons. The van der Waals surface area contributed by atoms with Gasteiger partial charge in [-0.15, -0.1) is 0 Å². The number of amides is 1. The van der Waals surface area contributed by atoms with Crippen LogP contribution in [0.3, 0.4) is 0 Å². The maximum Gasteiger partial charge on any atom is 0.276 e. The second-order valence-electron chi connectivity index (χ2n) is 8.45. The zero-order valence-corrected chi connectivity index (χ0v) is 19.6. The number of hydrogen-bond donors (Lipinski definition) is 2. The average molecular weight is 515 g/mol. The lowest BCUT2D eigenvalue weighted by molar-refractivity contribution is 0.101. The van der Waals surface area contributed by atoms with Gasteiger partial charge in [-0.1, -0.05) is 0 Å². The van der Waals surface area contributed by atoms with Crippen LogP contribution in [0.4, 0.5) is 23.2 Å². The minimum absolute atomic E-state index is 0.171. The van der Waals surface area contributed by atoms with E-state index in [4.69, 9.17) is 4.74 Å². The minimum atomic E-state index is -4.18. The van der Waals surface area contributed by atoms with Crippen LogP contribution in [-0.4, -0.2) is 40.6 Å². The predicted octanol–water partition coefficient (Wildman–Crippen LogP) is 2.90. The molecule has 0 saturated heterocycles. The Morgan fingerprint density at radius 1 is 1.29 bits per heavy atom. The standard InChI is InChI=1S/C21H21F4N5O4S/c1-21(8-14-26-6-7-29(14)2)10-34-18-13(35(32,33)28-21)9-30(3)17(18)20(31)27-12-5-4-11(22)15(16(12)23)19(24)25/h4-7,9,19,28H,8,10H2,1-3H3,(H,27,31). The van der Waals surface area contributed by atoms with Crippen LogP contribution in [0.15, 0.2) is 35.6 Å². The summed E-state index contributed by atoms with van der Waals surface area (Å²) in [5.74, 6) is -3.84. The predicted molar refractivity (Wildman–Crippen MR) is 116 cm³/mol. The first-order chi connectivity index (χ1) is 16.3. The van der Waals surface area contributed by atoms with Crippen LogP contribution in [0.25, 0.3) is 0 Å². The number of sulfonamides is 1. The van der Waals surface area contributed by atoms with E-state index in [0.717, 1.165) is 16.8 Å². The summed E-state index contributed by atoms with van der Waals surface area (Å²) in [6.07, 6.45) is 1.13. The van der Waals surface area contributed by atoms with Crippen molar-refractivity contribution in [1.29, 1.82) is 0 Å². The van der Waals surface area contributed by atoms with Gasteiger partial charge in [0.25, 0.3) is 12.3 Å². The smallest absolute Gasteiger partial charge is 0.276 e. The Bertz CT molecular complexity index is 1420. The third-order valence-corrected chi connectivity index (χ3v) is 7.22. The van der Waals surface area contributed by atoms with Crippen LogP contribution in [-0.2, 0) is 30.5 Å². The Morgan fingerprint density at radius 2 is 2.00 bits per heavy atom. The molecule has 2 N–H and O–H groups in total. The fraction of sp³-hybridized carbons (Fsp3) is 0.333. The molecule has 4 rings (SSSR count). The highest BCUT2D eigenvalue weighted by Gasteiger charge is 2.41. The zero-order chi connectivity index (χ0) is 25.7. The topological polar surface area (TPSA) is 107 Å². The second kappa shape index (κ2) is 8.68. The molecular weight excluding hydrogens is 494 g/mol. The van der Waals surface area contributed by atoms with Crippen molar-refractivity contribution < 1.29 is 35.5 Å². The van der Waals surface area contributed by atoms with Crippen LogP contribution in [0.5, 0.6) is 5.75 Å². The monoisotopic (exact) mass is 515 g/mol. The van der Waals surface area contributed by atoms with Crippen LogP contribution in [0.1, 0.15) is 35.2 Å². The summed E-state index contributed by atoms with van der Waals surface area (Å²) in [5.41, 5.74) is -3.61. The fourth-order valence-electron chi connectivity index (χ4n) is 3.86. The molecular formula is C21H21F4N5O4S. The fourth-order valence-corrected chi connectivity index (χ4v) is 5.45. The third-order valence-electron chi connectivity index (χ3n) is 5.59. The molecule has 14 heteroatoms. The molecule has 1 amide bonds. The SMILES string of the molecule is Cn1ccnc1CC1(C)COc2c(cn(C)c2C(=O)Nc2ccc(F)c(C(F)F)c2F)S(=O)(=O)N1. The first-order valence-electron chi connectivity index (χ1n) is 10.2. The van der Waals surface area contributed by atoms with E-state index in [1.807, 2.05) is 0 Å². The molecule has 1 unspecified atom stereocenters. The van der Waals surface area contributed by atoms with Gasteiger partial charge in [-0.25, -0.2) is 35.7 Å². The normalized spacial score (nSPS) is 19.2. The van der Waals surface area contributed by atoms with Crippen LogP contribution in [0.2, 0.25) is 0 Å². The number of imidazole rings is 1. The highest BCUT2D eigenvalue weighted by molar-refractivity contribution is 7.89. The van der Waals surface area contributed by atoms with E-state index in [9.17, 15) is 30.8 Å². The summed E-state index contributed by atoms with van der Waals surface area (Å²) in [4.78, 5) is 16.9. The van der Waals surface area contributed by atoms with E-state index in [1.54, 1.807) is 30.9 Å². The van der Waals surface area contributed by atoms with Crippen LogP contribution in [0, 0.1) is 11.6 Å². The number of aryl methyl sites for hydroxylation is 2. The second-order valence-corrected chi connectivity index (χ2v) is 10.1. The Hall–Kier alpha value is -3.39. The van der Waals surface area contributed by atoms with Gasteiger partial charge in [0.1, 0.15) is 23.1 Å². The summed E-state index contributed by atoms with van der Waals surface area (Å²) in [6, 6.07) is 1.39. The number of halogens is 4. The number of ether oxygens (including phenoxy) is 1. The number of anilines is 1. The summed E-state index contributed by atoms with van der Waals surface area (Å²) in [6.45, 7) is 1.43. The Labute approximate surface area is 197 Å². The van der Waals surface area contributed by atoms with Crippen LogP contribution >= 0.6 is 0 Å². The molecule has 1 aliphatic heterocycles. The molecule has 3 heterocycles. The van der Waals surface area contributed by atoms with Crippen molar-refractivity contribution in [3.05, 3.63) is 59.4 Å². The van der Waals surface area contributed by atoms with Crippen molar-refractivity contribution in [2.24, 2.45) is 14.1 Å². The molecule has 0 radical (unpaired) electrons. The Balaban J connectivity index is 1.68. The first-order valence-corrected chi connectivity index (χ1v) is 11.7. The lowest BCUT2D eigenvalue weighted by Gasteiger charge is -2.27. The summed E-state index contributed by atoms with van der Waals surface area (Å²) in [5, 5.41) is 2.10. The van der Waals surface area contributed by atoms with Gasteiger partial charge < -0.3 is 19.2 Å². The van der Waals surface area contributed by atoms with Crippen LogP contribution < -0.4 is 14.8 Å². The van der Waals surface area contributed by atoms with E-state index in [-0.39, 0.29) is 29.4 Å². The van der Waals surface area contributed by atoms with Gasteiger partial charge >= 0.3 is 0 Å². The number of nitrogens with zero attached hydrogens (tertiary/aromatic N) is 3. The minimum Gasteiger partial charge on any atom is -0.488 e. The van der Waals surface area contributed by atoms with Crippen molar-refractivity contribution in [3.8, 4) is 5.75 Å². The summed E-state index contributed by atoms with van der Waals surface area (Å²) >= 11 is 0. The largest absolute Gasteiger partial charge is 0.488 e. The van der Waals surface area contributed by atoms with Gasteiger partial charge in [0.05, 0.1) is 16.8 Å². The van der Waals surface area contributed by atoms with Gasteiger partial charge in [0, 0.05) is 39.1 Å². The van der Waals surface area contributed by atoms with Gasteiger partial charge in [0.15, 0.2) is 17.3 Å². The van der Waals surface area contributed by atoms with E-state index < -0.39 is 50.8 Å². The molecule has 0 spiro atoms. The highest BCUT2D eigenvalue weighted by Crippen LogP contribution is 2.36. The number of nitrogens with one attached hydrogen (secondary N) is 2. The molecule has 1 aromatic carbocycles. The maximum atomic E-state index is 14.4. The number of alkyl halides is 2. The number of fused-ring (bicyclic) bond motifs is 1. The Morgan fingerprint density at radius 3 is 2.63 bits per heavy atom. The maximum absolute atomic E-state index is 14.4. The van der Waals surface area contributed by atoms with Crippen molar-refractivity contribution in [2.45, 2.75) is 30.2 Å². The number of rotatable bonds is 5. The molecule has 3 aromatic rings. The van der Waals surface area contributed by atoms with Gasteiger partial charge in [0.2, 0.25) is 10.0 Å². The summed E-state index contributed by atoms with van der Waals surface area (Å²) in [7, 11) is -1.06. The lowest BCUT2D eigenvalue weighted by atomic mass is 10.00. The number of carbonyl (C=O) groups is 1. The lowest BCUT2D eigenvalue weighted by Crippen LogP contribution is -2.50. The molecule has 35 heavy (non-hydrogen) atoms. The number of hydrogen-bond acceptors (Lipinski definition) is 5. The molecule has 1 aliphatic rings. The van der Waals surface area contributed by atoms with E-state index >= 15 is 0 Å². The van der Waals surface area contributed by atoms with Crippen molar-refractivity contribution in [3.63, 3.8) is 0 Å². The zero-order valence-electron chi connectivity index (χ0n) is 18.8. The van der Waals surface area contributed by atoms with Crippen molar-refractivity contribution in [1.82, 2.24) is 18.8 Å². The molecule has 0 fully saturated rings.